The van der Waals surface area contributed by atoms with E-state index in [2.05, 4.69) is 4.72 Å². The Bertz CT molecular complexity index is 1480. The Morgan fingerprint density at radius 1 is 1.18 bits per heavy atom. The van der Waals surface area contributed by atoms with Crippen LogP contribution >= 0.6 is 0 Å². The number of hydrogen-bond donors (Lipinski definition) is 6. The Labute approximate surface area is 225 Å². The van der Waals surface area contributed by atoms with E-state index in [9.17, 15) is 43.2 Å². The predicted molar refractivity (Wildman–Crippen MR) is 141 cm³/mol. The molecule has 0 saturated heterocycles. The van der Waals surface area contributed by atoms with Crippen LogP contribution in [-0.2, 0) is 26.0 Å². The number of rotatable bonds is 6. The van der Waals surface area contributed by atoms with Gasteiger partial charge in [-0.2, -0.15) is 0 Å². The normalized spacial score (nSPS) is 26.8. The summed E-state index contributed by atoms with van der Waals surface area (Å²) in [5.41, 5.74) is 1.65. The smallest absolute Gasteiger partial charge is 0.255 e. The Kier molecular flexibility index (Phi) is 6.73. The van der Waals surface area contributed by atoms with Crippen LogP contribution in [0.3, 0.4) is 0 Å². The van der Waals surface area contributed by atoms with Gasteiger partial charge in [0.05, 0.1) is 23.0 Å². The summed E-state index contributed by atoms with van der Waals surface area (Å²) >= 11 is 0. The maximum Gasteiger partial charge on any atom is 0.255 e. The van der Waals surface area contributed by atoms with E-state index in [0.717, 1.165) is 0 Å². The summed E-state index contributed by atoms with van der Waals surface area (Å²) in [6.45, 7) is 1.40. The number of aliphatic hydroxyl groups excluding tert-OH is 2. The van der Waals surface area contributed by atoms with Crippen molar-refractivity contribution in [1.29, 1.82) is 0 Å². The van der Waals surface area contributed by atoms with E-state index >= 15 is 0 Å². The number of nitrogens with one attached hydrogen (secondary N) is 1. The molecule has 0 heterocycles. The van der Waals surface area contributed by atoms with Gasteiger partial charge < -0.3 is 31.1 Å². The van der Waals surface area contributed by atoms with E-state index in [0.29, 0.717) is 11.3 Å². The number of anilines is 2. The second kappa shape index (κ2) is 9.24. The summed E-state index contributed by atoms with van der Waals surface area (Å²) in [5, 5.41) is 45.0. The number of sulfonamides is 1. The molecule has 0 aromatic heterocycles. The van der Waals surface area contributed by atoms with Crippen LogP contribution in [-0.4, -0.2) is 96.8 Å². The number of amides is 1. The summed E-state index contributed by atoms with van der Waals surface area (Å²) in [5.74, 6) is -8.03. The van der Waals surface area contributed by atoms with Gasteiger partial charge in [-0.1, -0.05) is 0 Å². The van der Waals surface area contributed by atoms with Gasteiger partial charge in [-0.3, -0.25) is 24.0 Å². The number of ketones is 2. The standard InChI is InChI=1S/C25H32N4O9S/c1-6-39(37,38)27-13-9-14(28(2)3)11-7-10-8-12-18(29(4)5)21(32)17(24(26)35)23(34)25(12,36)22(33)15(10)20(31)16(11)19(13)30/h9-10,12,18,27,30,32-33,36H,6-8H2,1-5H3,(H2,26,35)/t10?,12?,18-,25?/m0/s1. The molecule has 4 atom stereocenters. The molecule has 1 aromatic rings. The lowest BCUT2D eigenvalue weighted by molar-refractivity contribution is -0.148. The van der Waals surface area contributed by atoms with E-state index in [1.54, 1.807) is 33.1 Å². The minimum atomic E-state index is -3.85. The topological polar surface area (TPSA) is 211 Å². The molecule has 4 rings (SSSR count). The van der Waals surface area contributed by atoms with Crippen molar-refractivity contribution >= 4 is 38.9 Å². The van der Waals surface area contributed by atoms with Gasteiger partial charge in [-0.25, -0.2) is 8.42 Å². The highest BCUT2D eigenvalue weighted by Gasteiger charge is 2.63. The van der Waals surface area contributed by atoms with Crippen molar-refractivity contribution in [3.05, 3.63) is 39.9 Å². The third-order valence-corrected chi connectivity index (χ3v) is 9.12. The number of aliphatic hydroxyl groups is 3. The number of nitrogens with zero attached hydrogens (tertiary/aromatic N) is 2. The van der Waals surface area contributed by atoms with Gasteiger partial charge in [-0.05, 0) is 51.4 Å². The molecule has 3 aliphatic rings. The fraction of sp³-hybridized carbons (Fsp3) is 0.480. The van der Waals surface area contributed by atoms with Crippen molar-refractivity contribution in [3.63, 3.8) is 0 Å². The van der Waals surface area contributed by atoms with Crippen molar-refractivity contribution in [2.45, 2.75) is 31.4 Å². The average molecular weight is 565 g/mol. The first-order valence-corrected chi connectivity index (χ1v) is 13.9. The molecule has 0 aliphatic heterocycles. The molecule has 1 amide bonds. The van der Waals surface area contributed by atoms with Gasteiger partial charge in [0.1, 0.15) is 17.1 Å². The number of carbonyl (C=O) groups is 3. The van der Waals surface area contributed by atoms with Crippen LogP contribution in [0.4, 0.5) is 11.4 Å². The summed E-state index contributed by atoms with van der Waals surface area (Å²) in [7, 11) is 2.60. The molecule has 0 spiro atoms. The molecule has 0 fully saturated rings. The number of primary amides is 1. The molecule has 0 bridgehead atoms. The third kappa shape index (κ3) is 4.05. The van der Waals surface area contributed by atoms with Crippen molar-refractivity contribution in [2.24, 2.45) is 17.6 Å². The quantitative estimate of drug-likeness (QED) is 0.199. The predicted octanol–water partition coefficient (Wildman–Crippen LogP) is -0.0518. The van der Waals surface area contributed by atoms with Crippen molar-refractivity contribution < 1.29 is 43.2 Å². The Hall–Kier alpha value is -3.62. The molecule has 1 aromatic carbocycles. The van der Waals surface area contributed by atoms with Gasteiger partial charge in [0, 0.05) is 31.3 Å². The lowest BCUT2D eigenvalue weighted by atomic mass is 9.58. The van der Waals surface area contributed by atoms with Crippen LogP contribution < -0.4 is 15.4 Å². The molecular weight excluding hydrogens is 532 g/mol. The number of aromatic hydroxyl groups is 1. The number of carbonyl (C=O) groups excluding carboxylic acids is 3. The first-order valence-electron chi connectivity index (χ1n) is 12.2. The van der Waals surface area contributed by atoms with Crippen molar-refractivity contribution in [3.8, 4) is 5.75 Å². The number of phenolic OH excluding ortho intramolecular Hbond substituents is 1. The number of likely N-dealkylation sites (N-methyl/N-ethyl adjacent to an activating group) is 1. The highest BCUT2D eigenvalue weighted by molar-refractivity contribution is 7.92. The fourth-order valence-electron chi connectivity index (χ4n) is 6.02. The van der Waals surface area contributed by atoms with Gasteiger partial charge in [0.15, 0.2) is 17.1 Å². The highest BCUT2D eigenvalue weighted by atomic mass is 32.2. The summed E-state index contributed by atoms with van der Waals surface area (Å²) in [6.07, 6.45) is 0.0278. The van der Waals surface area contributed by atoms with E-state index < -0.39 is 73.8 Å². The number of fused-ring (bicyclic) bond motifs is 3. The highest BCUT2D eigenvalue weighted by Crippen LogP contribution is 2.54. The van der Waals surface area contributed by atoms with Gasteiger partial charge in [0.2, 0.25) is 15.8 Å². The molecular formula is C25H32N4O9S. The Morgan fingerprint density at radius 2 is 1.79 bits per heavy atom. The second-order valence-corrected chi connectivity index (χ2v) is 12.5. The van der Waals surface area contributed by atoms with Crippen molar-refractivity contribution in [1.82, 2.24) is 4.90 Å². The van der Waals surface area contributed by atoms with Crippen LogP contribution in [0.1, 0.15) is 29.3 Å². The van der Waals surface area contributed by atoms with E-state index in [1.165, 1.54) is 17.9 Å². The Balaban J connectivity index is 1.98. The minimum Gasteiger partial charge on any atom is -0.510 e. The number of hydrogen-bond acceptors (Lipinski definition) is 11. The monoisotopic (exact) mass is 564 g/mol. The largest absolute Gasteiger partial charge is 0.510 e. The van der Waals surface area contributed by atoms with E-state index in [1.807, 2.05) is 0 Å². The molecule has 212 valence electrons. The number of phenols is 1. The zero-order valence-electron chi connectivity index (χ0n) is 22.1. The number of nitrogens with two attached hydrogens (primary N) is 1. The van der Waals surface area contributed by atoms with Gasteiger partial charge >= 0.3 is 0 Å². The number of benzene rings is 1. The SMILES string of the molecule is CCS(=O)(=O)Nc1cc(N(C)C)c2c(c1O)C(=O)C1=C(O)C3(O)C(=O)C(C(N)=O)=C(O)[C@@H](N(C)C)C3CC1C2. The minimum absolute atomic E-state index is 0.0520. The number of allylic oxidation sites excluding steroid dienone is 1. The third-order valence-electron chi connectivity index (χ3n) is 7.83. The van der Waals surface area contributed by atoms with E-state index in [4.69, 9.17) is 5.73 Å². The molecule has 14 heteroatoms. The molecule has 3 aliphatic carbocycles. The first kappa shape index (κ1) is 28.4. The molecule has 13 nitrogen and oxygen atoms in total. The maximum atomic E-state index is 13.9. The van der Waals surface area contributed by atoms with Crippen LogP contribution in [0.15, 0.2) is 28.7 Å². The summed E-state index contributed by atoms with van der Waals surface area (Å²) in [4.78, 5) is 42.5. The maximum absolute atomic E-state index is 13.9. The van der Waals surface area contributed by atoms with Crippen molar-refractivity contribution in [2.75, 3.05) is 43.6 Å². The molecule has 39 heavy (non-hydrogen) atoms. The fourth-order valence-corrected chi connectivity index (χ4v) is 6.65. The molecule has 0 saturated carbocycles. The first-order chi connectivity index (χ1) is 18.0. The lowest BCUT2D eigenvalue weighted by Crippen LogP contribution is -2.63. The zero-order chi connectivity index (χ0) is 29.4. The van der Waals surface area contributed by atoms with Crippen LogP contribution in [0, 0.1) is 11.8 Å². The van der Waals surface area contributed by atoms with E-state index in [-0.39, 0.29) is 35.4 Å². The van der Waals surface area contributed by atoms with Gasteiger partial charge in [0.25, 0.3) is 5.91 Å². The van der Waals surface area contributed by atoms with Gasteiger partial charge in [-0.15, -0.1) is 0 Å². The van der Waals surface area contributed by atoms with Crippen LogP contribution in [0.25, 0.3) is 0 Å². The second-order valence-electron chi connectivity index (χ2n) is 10.5. The molecule has 7 N–H and O–H groups in total. The molecule has 0 radical (unpaired) electrons. The molecule has 3 unspecified atom stereocenters. The zero-order valence-corrected chi connectivity index (χ0v) is 23.0. The van der Waals surface area contributed by atoms with Crippen LogP contribution in [0.2, 0.25) is 0 Å². The number of Topliss-reactive ketones (excluding diaryl/α,β-unsaturated/α-hetero) is 2. The lowest BCUT2D eigenvalue weighted by Gasteiger charge is -2.50. The van der Waals surface area contributed by atoms with Crippen LogP contribution in [0.5, 0.6) is 5.75 Å². The Morgan fingerprint density at radius 3 is 2.31 bits per heavy atom. The summed E-state index contributed by atoms with van der Waals surface area (Å²) < 4.78 is 26.8. The average Bonchev–Trinajstić information content (AvgIpc) is 2.82. The summed E-state index contributed by atoms with van der Waals surface area (Å²) in [6, 6.07) is 0.311.